The van der Waals surface area contributed by atoms with E-state index in [0.717, 1.165) is 0 Å². The van der Waals surface area contributed by atoms with Gasteiger partial charge in [0.1, 0.15) is 5.67 Å². The van der Waals surface area contributed by atoms with Crippen LogP contribution in [0.5, 0.6) is 0 Å². The second kappa shape index (κ2) is 3.60. The predicted molar refractivity (Wildman–Crippen MR) is 55.0 cm³/mol. The van der Waals surface area contributed by atoms with Crippen LogP contribution in [0, 0.1) is 5.92 Å². The van der Waals surface area contributed by atoms with Gasteiger partial charge in [0.2, 0.25) is 0 Å². The summed E-state index contributed by atoms with van der Waals surface area (Å²) in [6.45, 7) is 5.16. The minimum atomic E-state index is -1.31. The van der Waals surface area contributed by atoms with Crippen molar-refractivity contribution in [3.05, 3.63) is 11.6 Å². The van der Waals surface area contributed by atoms with Gasteiger partial charge in [-0.25, -0.2) is 4.39 Å². The van der Waals surface area contributed by atoms with Crippen molar-refractivity contribution in [3.8, 4) is 0 Å². The van der Waals surface area contributed by atoms with Crippen molar-refractivity contribution >= 4 is 5.71 Å². The van der Waals surface area contributed by atoms with Crippen LogP contribution in [0.3, 0.4) is 0 Å². The van der Waals surface area contributed by atoms with Crippen molar-refractivity contribution < 1.29 is 4.39 Å². The third-order valence-electron chi connectivity index (χ3n) is 2.44. The lowest BCUT2D eigenvalue weighted by molar-refractivity contribution is 0.314. The van der Waals surface area contributed by atoms with Crippen LogP contribution in [0.2, 0.25) is 0 Å². The molecule has 2 heteroatoms. The molecule has 0 aromatic rings. The van der Waals surface area contributed by atoms with E-state index in [1.165, 1.54) is 18.4 Å². The fourth-order valence-corrected chi connectivity index (χ4v) is 1.37. The second-order valence-corrected chi connectivity index (χ2v) is 4.24. The van der Waals surface area contributed by atoms with Gasteiger partial charge in [0, 0.05) is 7.05 Å². The van der Waals surface area contributed by atoms with E-state index in [0.29, 0.717) is 11.6 Å². The largest absolute Gasteiger partial charge is 0.290 e. The minimum Gasteiger partial charge on any atom is -0.290 e. The highest BCUT2D eigenvalue weighted by atomic mass is 19.1. The van der Waals surface area contributed by atoms with Crippen molar-refractivity contribution in [2.45, 2.75) is 39.3 Å². The Bertz CT molecular complexity index is 241. The summed E-state index contributed by atoms with van der Waals surface area (Å²) in [4.78, 5) is 3.97. The minimum absolute atomic E-state index is 0.553. The Balaban J connectivity index is 2.74. The smallest absolute Gasteiger partial charge is 0.146 e. The van der Waals surface area contributed by atoms with Crippen LogP contribution in [0.15, 0.2) is 16.6 Å². The maximum Gasteiger partial charge on any atom is 0.146 e. The van der Waals surface area contributed by atoms with Gasteiger partial charge in [-0.15, -0.1) is 0 Å². The Morgan fingerprint density at radius 2 is 2.00 bits per heavy atom. The van der Waals surface area contributed by atoms with Crippen molar-refractivity contribution in [1.82, 2.24) is 0 Å². The highest BCUT2D eigenvalue weighted by molar-refractivity contribution is 6.01. The van der Waals surface area contributed by atoms with E-state index in [-0.39, 0.29) is 0 Å². The normalized spacial score (nSPS) is 20.7. The first-order chi connectivity index (χ1) is 5.95. The van der Waals surface area contributed by atoms with Crippen LogP contribution >= 0.6 is 0 Å². The second-order valence-electron chi connectivity index (χ2n) is 4.24. The van der Waals surface area contributed by atoms with Crippen LogP contribution in [-0.2, 0) is 0 Å². The molecule has 0 radical (unpaired) electrons. The highest BCUT2D eigenvalue weighted by Gasteiger charge is 2.26. The third-order valence-corrected chi connectivity index (χ3v) is 2.44. The first-order valence-electron chi connectivity index (χ1n) is 4.79. The molecule has 1 saturated carbocycles. The zero-order valence-corrected chi connectivity index (χ0v) is 8.89. The zero-order valence-electron chi connectivity index (χ0n) is 8.89. The van der Waals surface area contributed by atoms with Gasteiger partial charge in [-0.2, -0.15) is 0 Å². The van der Waals surface area contributed by atoms with E-state index >= 15 is 0 Å². The maximum atomic E-state index is 13.5. The molecule has 74 valence electrons. The monoisotopic (exact) mass is 183 g/mol. The first-order valence-corrected chi connectivity index (χ1v) is 4.79. The van der Waals surface area contributed by atoms with Gasteiger partial charge in [-0.05, 0) is 45.6 Å². The first kappa shape index (κ1) is 10.4. The maximum absolute atomic E-state index is 13.5. The molecule has 0 aliphatic heterocycles. The molecular weight excluding hydrogens is 165 g/mol. The van der Waals surface area contributed by atoms with Gasteiger partial charge in [0.25, 0.3) is 0 Å². The van der Waals surface area contributed by atoms with E-state index in [9.17, 15) is 4.39 Å². The Hall–Kier alpha value is -0.660. The molecule has 1 rings (SSSR count). The summed E-state index contributed by atoms with van der Waals surface area (Å²) < 4.78 is 13.5. The molecular formula is C11H18FN. The van der Waals surface area contributed by atoms with Crippen molar-refractivity contribution in [2.75, 3.05) is 7.05 Å². The van der Waals surface area contributed by atoms with E-state index in [1.807, 2.05) is 6.08 Å². The summed E-state index contributed by atoms with van der Waals surface area (Å²) in [6, 6.07) is 0. The topological polar surface area (TPSA) is 12.4 Å². The van der Waals surface area contributed by atoms with Crippen LogP contribution in [0.25, 0.3) is 0 Å². The summed E-state index contributed by atoms with van der Waals surface area (Å²) in [5, 5.41) is 0. The lowest BCUT2D eigenvalue weighted by atomic mass is 10.0. The van der Waals surface area contributed by atoms with E-state index < -0.39 is 5.67 Å². The number of alkyl halides is 1. The molecule has 0 atom stereocenters. The number of halogens is 1. The van der Waals surface area contributed by atoms with Gasteiger partial charge in [0.15, 0.2) is 0 Å². The SMILES string of the molecule is CN=C(/C=C(\C)C1CC1)C(C)(C)F. The standard InChI is InChI=1S/C11H18FN/c1-8(9-5-6-9)7-10(13-4)11(2,3)12/h7,9H,5-6H2,1-4H3/b8-7+,13-10?. The zero-order chi connectivity index (χ0) is 10.1. The molecule has 0 N–H and O–H groups in total. The molecule has 0 amide bonds. The molecule has 0 unspecified atom stereocenters. The molecule has 0 heterocycles. The van der Waals surface area contributed by atoms with Crippen molar-refractivity contribution in [2.24, 2.45) is 10.9 Å². The quantitative estimate of drug-likeness (QED) is 0.596. The average molecular weight is 183 g/mol. The molecule has 13 heavy (non-hydrogen) atoms. The molecule has 0 spiro atoms. The summed E-state index contributed by atoms with van der Waals surface area (Å²) in [5.41, 5.74) is 0.508. The number of rotatable bonds is 3. The molecule has 1 fully saturated rings. The number of aliphatic imine (C=N–C) groups is 1. The lowest BCUT2D eigenvalue weighted by Gasteiger charge is -2.14. The summed E-state index contributed by atoms with van der Waals surface area (Å²) >= 11 is 0. The summed E-state index contributed by atoms with van der Waals surface area (Å²) in [6.07, 6.45) is 4.41. The van der Waals surface area contributed by atoms with Crippen molar-refractivity contribution in [3.63, 3.8) is 0 Å². The molecule has 0 saturated heterocycles. The average Bonchev–Trinajstić information content (AvgIpc) is 2.78. The third kappa shape index (κ3) is 2.94. The van der Waals surface area contributed by atoms with Gasteiger partial charge in [0.05, 0.1) is 5.71 Å². The number of nitrogens with zero attached hydrogens (tertiary/aromatic N) is 1. The number of hydrogen-bond donors (Lipinski definition) is 0. The van der Waals surface area contributed by atoms with Gasteiger partial charge in [-0.3, -0.25) is 4.99 Å². The molecule has 1 aliphatic rings. The Morgan fingerprint density at radius 1 is 1.46 bits per heavy atom. The van der Waals surface area contributed by atoms with Gasteiger partial charge in [-0.1, -0.05) is 5.57 Å². The van der Waals surface area contributed by atoms with Crippen LogP contribution in [0.4, 0.5) is 4.39 Å². The lowest BCUT2D eigenvalue weighted by Crippen LogP contribution is -2.24. The van der Waals surface area contributed by atoms with Crippen LogP contribution < -0.4 is 0 Å². The summed E-state index contributed by atoms with van der Waals surface area (Å²) in [7, 11) is 1.65. The number of allylic oxidation sites excluding steroid dienone is 2. The Morgan fingerprint density at radius 3 is 2.31 bits per heavy atom. The van der Waals surface area contributed by atoms with Crippen molar-refractivity contribution in [1.29, 1.82) is 0 Å². The molecule has 1 aliphatic carbocycles. The van der Waals surface area contributed by atoms with Gasteiger partial charge >= 0.3 is 0 Å². The fraction of sp³-hybridized carbons (Fsp3) is 0.727. The fourth-order valence-electron chi connectivity index (χ4n) is 1.37. The highest BCUT2D eigenvalue weighted by Crippen LogP contribution is 2.36. The number of hydrogen-bond acceptors (Lipinski definition) is 1. The molecule has 1 nitrogen and oxygen atoms in total. The van der Waals surface area contributed by atoms with E-state index in [4.69, 9.17) is 0 Å². The van der Waals surface area contributed by atoms with E-state index in [1.54, 1.807) is 20.9 Å². The summed E-state index contributed by atoms with van der Waals surface area (Å²) in [5.74, 6) is 0.694. The van der Waals surface area contributed by atoms with Crippen LogP contribution in [0.1, 0.15) is 33.6 Å². The van der Waals surface area contributed by atoms with Gasteiger partial charge < -0.3 is 0 Å². The molecule has 0 aromatic heterocycles. The molecule has 0 aromatic carbocycles. The van der Waals surface area contributed by atoms with Crippen LogP contribution in [-0.4, -0.2) is 18.4 Å². The Kier molecular flexibility index (Phi) is 2.89. The molecule has 0 bridgehead atoms. The Labute approximate surface area is 79.8 Å². The predicted octanol–water partition coefficient (Wildman–Crippen LogP) is 3.16. The van der Waals surface area contributed by atoms with E-state index in [2.05, 4.69) is 11.9 Å².